The topological polar surface area (TPSA) is 88.9 Å². The van der Waals surface area contributed by atoms with Crippen molar-refractivity contribution in [2.75, 3.05) is 17.6 Å². The van der Waals surface area contributed by atoms with Crippen LogP contribution in [0.5, 0.6) is 0 Å². The first-order chi connectivity index (χ1) is 11.1. The van der Waals surface area contributed by atoms with Gasteiger partial charge in [0, 0.05) is 19.8 Å². The van der Waals surface area contributed by atoms with E-state index in [4.69, 9.17) is 0 Å². The maximum Gasteiger partial charge on any atom is 0.274 e. The smallest absolute Gasteiger partial charge is 0.274 e. The molecule has 2 rings (SSSR count). The summed E-state index contributed by atoms with van der Waals surface area (Å²) in [6.45, 7) is 2.99. The Morgan fingerprint density at radius 1 is 1.39 bits per heavy atom. The first kappa shape index (κ1) is 17.5. The van der Waals surface area contributed by atoms with E-state index in [2.05, 4.69) is 27.8 Å². The lowest BCUT2D eigenvalue weighted by Gasteiger charge is -2.04. The average Bonchev–Trinajstić information content (AvgIpc) is 3.14. The minimum Gasteiger partial charge on any atom is -0.360 e. The lowest BCUT2D eigenvalue weighted by Crippen LogP contribution is -2.32. The number of hydrogen-bond donors (Lipinski definition) is 2. The molecular formula is C14H19N5O2S2. The number of nitrogens with zero attached hydrogens (tertiary/aromatic N) is 3. The molecule has 0 saturated heterocycles. The van der Waals surface area contributed by atoms with Crippen LogP contribution in [0, 0.1) is 0 Å². The van der Waals surface area contributed by atoms with Crippen LogP contribution in [0.25, 0.3) is 0 Å². The van der Waals surface area contributed by atoms with Gasteiger partial charge in [0.05, 0.1) is 5.75 Å². The third-order valence-electron chi connectivity index (χ3n) is 2.97. The van der Waals surface area contributed by atoms with E-state index in [1.54, 1.807) is 29.9 Å². The zero-order valence-corrected chi connectivity index (χ0v) is 14.7. The van der Waals surface area contributed by atoms with Gasteiger partial charge in [-0.15, -0.1) is 10.2 Å². The highest BCUT2D eigenvalue weighted by molar-refractivity contribution is 8.01. The summed E-state index contributed by atoms with van der Waals surface area (Å²) >= 11 is 2.67. The molecule has 124 valence electrons. The van der Waals surface area contributed by atoms with Crippen molar-refractivity contribution in [3.8, 4) is 0 Å². The lowest BCUT2D eigenvalue weighted by atomic mass is 10.3. The Morgan fingerprint density at radius 2 is 2.22 bits per heavy atom. The highest BCUT2D eigenvalue weighted by Crippen LogP contribution is 2.25. The molecule has 0 unspecified atom stereocenters. The van der Waals surface area contributed by atoms with Crippen molar-refractivity contribution < 1.29 is 9.59 Å². The summed E-state index contributed by atoms with van der Waals surface area (Å²) in [5.74, 6) is -0.626. The van der Waals surface area contributed by atoms with Crippen LogP contribution in [0.2, 0.25) is 0 Å². The summed E-state index contributed by atoms with van der Waals surface area (Å²) in [4.78, 5) is 23.7. The van der Waals surface area contributed by atoms with Crippen LogP contribution in [-0.4, -0.2) is 38.9 Å². The van der Waals surface area contributed by atoms with Crippen molar-refractivity contribution >= 4 is 40.0 Å². The molecule has 0 aliphatic heterocycles. The van der Waals surface area contributed by atoms with Crippen LogP contribution in [0.1, 0.15) is 30.3 Å². The van der Waals surface area contributed by atoms with Crippen molar-refractivity contribution in [1.29, 1.82) is 0 Å². The quantitative estimate of drug-likeness (QED) is 0.558. The van der Waals surface area contributed by atoms with Gasteiger partial charge in [-0.25, -0.2) is 0 Å². The van der Waals surface area contributed by atoms with Crippen molar-refractivity contribution in [2.24, 2.45) is 7.05 Å². The first-order valence-electron chi connectivity index (χ1n) is 7.26. The number of imide groups is 1. The van der Waals surface area contributed by atoms with Crippen LogP contribution in [-0.2, 0) is 11.8 Å². The van der Waals surface area contributed by atoms with E-state index in [9.17, 15) is 9.59 Å². The Bertz CT molecular complexity index is 668. The SMILES string of the molecule is CCCCNc1nnc(SCC(=O)NC(=O)c2cccn2C)s1. The number of anilines is 1. The molecule has 0 saturated carbocycles. The summed E-state index contributed by atoms with van der Waals surface area (Å²) in [5, 5.41) is 14.3. The highest BCUT2D eigenvalue weighted by Gasteiger charge is 2.14. The maximum atomic E-state index is 11.9. The molecule has 0 fully saturated rings. The van der Waals surface area contributed by atoms with Gasteiger partial charge in [-0.3, -0.25) is 14.9 Å². The van der Waals surface area contributed by atoms with Crippen molar-refractivity contribution in [3.63, 3.8) is 0 Å². The molecule has 2 aromatic heterocycles. The summed E-state index contributed by atoms with van der Waals surface area (Å²) in [6, 6.07) is 3.41. The number of carbonyl (C=O) groups is 2. The van der Waals surface area contributed by atoms with E-state index >= 15 is 0 Å². The highest BCUT2D eigenvalue weighted by atomic mass is 32.2. The molecular weight excluding hydrogens is 334 g/mol. The van der Waals surface area contributed by atoms with E-state index in [0.29, 0.717) is 10.0 Å². The van der Waals surface area contributed by atoms with Gasteiger partial charge in [0.25, 0.3) is 5.91 Å². The standard InChI is InChI=1S/C14H19N5O2S2/c1-3-4-7-15-13-17-18-14(23-13)22-9-11(20)16-12(21)10-6-5-8-19(10)2/h5-6,8H,3-4,7,9H2,1-2H3,(H,15,17)(H,16,20,21). The third kappa shape index (κ3) is 5.36. The second kappa shape index (κ2) is 8.68. The van der Waals surface area contributed by atoms with Crippen LogP contribution in [0.4, 0.5) is 5.13 Å². The molecule has 2 amide bonds. The Hall–Kier alpha value is -1.87. The van der Waals surface area contributed by atoms with Crippen molar-refractivity contribution in [2.45, 2.75) is 24.1 Å². The van der Waals surface area contributed by atoms with E-state index in [1.807, 2.05) is 0 Å². The molecule has 0 radical (unpaired) electrons. The number of thioether (sulfide) groups is 1. The monoisotopic (exact) mass is 353 g/mol. The number of aryl methyl sites for hydroxylation is 1. The van der Waals surface area contributed by atoms with Gasteiger partial charge in [-0.1, -0.05) is 36.4 Å². The van der Waals surface area contributed by atoms with E-state index < -0.39 is 5.91 Å². The van der Waals surface area contributed by atoms with Gasteiger partial charge < -0.3 is 9.88 Å². The van der Waals surface area contributed by atoms with Crippen LogP contribution in [0.15, 0.2) is 22.7 Å². The zero-order valence-electron chi connectivity index (χ0n) is 13.0. The number of rotatable bonds is 8. The molecule has 9 heteroatoms. The minimum absolute atomic E-state index is 0.125. The summed E-state index contributed by atoms with van der Waals surface area (Å²) in [6.07, 6.45) is 3.94. The van der Waals surface area contributed by atoms with Gasteiger partial charge in [0.2, 0.25) is 11.0 Å². The average molecular weight is 353 g/mol. The van der Waals surface area contributed by atoms with Gasteiger partial charge in [0.15, 0.2) is 4.34 Å². The predicted molar refractivity (Wildman–Crippen MR) is 91.9 cm³/mol. The van der Waals surface area contributed by atoms with Gasteiger partial charge in [-0.2, -0.15) is 0 Å². The van der Waals surface area contributed by atoms with E-state index in [0.717, 1.165) is 24.5 Å². The Kier molecular flexibility index (Phi) is 6.60. The number of carbonyl (C=O) groups excluding carboxylic acids is 2. The second-order valence-electron chi connectivity index (χ2n) is 4.82. The molecule has 2 heterocycles. The van der Waals surface area contributed by atoms with Crippen molar-refractivity contribution in [3.05, 3.63) is 24.0 Å². The molecule has 0 aromatic carbocycles. The third-order valence-corrected chi connectivity index (χ3v) is 4.98. The predicted octanol–water partition coefficient (Wildman–Crippen LogP) is 2.14. The Morgan fingerprint density at radius 3 is 2.91 bits per heavy atom. The molecule has 7 nitrogen and oxygen atoms in total. The van der Waals surface area contributed by atoms with E-state index in [1.165, 1.54) is 23.1 Å². The number of hydrogen-bond acceptors (Lipinski definition) is 7. The minimum atomic E-state index is -0.401. The zero-order chi connectivity index (χ0) is 16.7. The second-order valence-corrected chi connectivity index (χ2v) is 7.02. The molecule has 0 atom stereocenters. The lowest BCUT2D eigenvalue weighted by molar-refractivity contribution is -0.117. The first-order valence-corrected chi connectivity index (χ1v) is 9.06. The molecule has 0 aliphatic carbocycles. The number of unbranched alkanes of at least 4 members (excludes halogenated alkanes) is 1. The van der Waals surface area contributed by atoms with Gasteiger partial charge in [0.1, 0.15) is 5.69 Å². The molecule has 0 spiro atoms. The maximum absolute atomic E-state index is 11.9. The normalized spacial score (nSPS) is 10.5. The van der Waals surface area contributed by atoms with Crippen LogP contribution < -0.4 is 10.6 Å². The van der Waals surface area contributed by atoms with Crippen LogP contribution >= 0.6 is 23.1 Å². The molecule has 2 N–H and O–H groups in total. The largest absolute Gasteiger partial charge is 0.360 e. The Labute approximate surface area is 142 Å². The molecule has 23 heavy (non-hydrogen) atoms. The number of nitrogens with one attached hydrogen (secondary N) is 2. The summed E-state index contributed by atoms with van der Waals surface area (Å²) in [5.41, 5.74) is 0.446. The summed E-state index contributed by atoms with van der Waals surface area (Å²) in [7, 11) is 1.75. The molecule has 0 aliphatic rings. The Balaban J connectivity index is 1.76. The van der Waals surface area contributed by atoms with Gasteiger partial charge in [-0.05, 0) is 18.6 Å². The fraction of sp³-hybridized carbons (Fsp3) is 0.429. The fourth-order valence-corrected chi connectivity index (χ4v) is 3.34. The summed E-state index contributed by atoms with van der Waals surface area (Å²) < 4.78 is 2.36. The van der Waals surface area contributed by atoms with Crippen molar-refractivity contribution in [1.82, 2.24) is 20.1 Å². The number of amides is 2. The number of aromatic nitrogens is 3. The van der Waals surface area contributed by atoms with Crippen LogP contribution in [0.3, 0.4) is 0 Å². The molecule has 0 bridgehead atoms. The molecule has 2 aromatic rings. The fourth-order valence-electron chi connectivity index (χ4n) is 1.76. The van der Waals surface area contributed by atoms with E-state index in [-0.39, 0.29) is 11.7 Å². The van der Waals surface area contributed by atoms with Gasteiger partial charge >= 0.3 is 0 Å².